The molecule has 5 nitrogen and oxygen atoms in total. The Morgan fingerprint density at radius 2 is 2.42 bits per heavy atom. The number of nitrogens with one attached hydrogen (secondary N) is 2. The fraction of sp³-hybridized carbons (Fsp3) is 0.273. The summed E-state index contributed by atoms with van der Waals surface area (Å²) in [7, 11) is 0. The smallest absolute Gasteiger partial charge is 0.260 e. The van der Waals surface area contributed by atoms with Gasteiger partial charge in [0.1, 0.15) is 5.03 Å². The van der Waals surface area contributed by atoms with Gasteiger partial charge in [0.05, 0.1) is 5.56 Å². The molecule has 2 heterocycles. The third-order valence-electron chi connectivity index (χ3n) is 2.53. The monoisotopic (exact) mass is 312 g/mol. The van der Waals surface area contributed by atoms with Gasteiger partial charge in [-0.3, -0.25) is 15.0 Å². The van der Waals surface area contributed by atoms with Crippen molar-refractivity contribution in [1.29, 1.82) is 0 Å². The quantitative estimate of drug-likeness (QED) is 0.624. The summed E-state index contributed by atoms with van der Waals surface area (Å²) in [6, 6.07) is 3.44. The molecule has 2 N–H and O–H groups in total. The van der Waals surface area contributed by atoms with Crippen LogP contribution in [0.25, 0.3) is 0 Å². The molecule has 19 heavy (non-hydrogen) atoms. The maximum Gasteiger partial charge on any atom is 0.260 e. The van der Waals surface area contributed by atoms with Crippen molar-refractivity contribution in [3.8, 4) is 0 Å². The maximum absolute atomic E-state index is 12.2. The summed E-state index contributed by atoms with van der Waals surface area (Å²) in [5, 5.41) is 7.20. The summed E-state index contributed by atoms with van der Waals surface area (Å²) in [6.45, 7) is 1.40. The zero-order valence-electron chi connectivity index (χ0n) is 10.2. The van der Waals surface area contributed by atoms with E-state index in [-0.39, 0.29) is 5.91 Å². The van der Waals surface area contributed by atoms with Gasteiger partial charge in [0, 0.05) is 19.3 Å². The highest BCUT2D eigenvalue weighted by atomic mass is 32.2. The highest BCUT2D eigenvalue weighted by molar-refractivity contribution is 7.98. The van der Waals surface area contributed by atoms with Crippen molar-refractivity contribution in [2.75, 3.05) is 19.3 Å². The number of hydrogen-bond acceptors (Lipinski definition) is 5. The molecule has 0 spiro atoms. The third-order valence-corrected chi connectivity index (χ3v) is 3.93. The van der Waals surface area contributed by atoms with E-state index in [1.807, 2.05) is 6.26 Å². The number of carbonyl (C=O) groups is 1. The molecule has 1 fully saturated rings. The first-order valence-corrected chi connectivity index (χ1v) is 7.57. The van der Waals surface area contributed by atoms with Gasteiger partial charge in [-0.15, -0.1) is 11.8 Å². The minimum atomic E-state index is -0.267. The normalized spacial score (nSPS) is 14.2. The lowest BCUT2D eigenvalue weighted by Gasteiger charge is -2.18. The SMILES string of the molecule is CSc1ncccc1C(=O)NC(=S)N1CCNC1=S. The summed E-state index contributed by atoms with van der Waals surface area (Å²) in [6.07, 6.45) is 3.53. The van der Waals surface area contributed by atoms with Gasteiger partial charge in [-0.1, -0.05) is 0 Å². The molecular formula is C11H12N4OS3. The first-order chi connectivity index (χ1) is 9.13. The van der Waals surface area contributed by atoms with Crippen molar-refractivity contribution in [3.05, 3.63) is 23.9 Å². The Kier molecular flexibility index (Phi) is 4.67. The summed E-state index contributed by atoms with van der Waals surface area (Å²) in [5.74, 6) is -0.267. The lowest BCUT2D eigenvalue weighted by Crippen LogP contribution is -2.44. The van der Waals surface area contributed by atoms with Gasteiger partial charge in [-0.25, -0.2) is 4.98 Å². The van der Waals surface area contributed by atoms with Crippen molar-refractivity contribution in [1.82, 2.24) is 20.5 Å². The van der Waals surface area contributed by atoms with Crippen LogP contribution in [0.2, 0.25) is 0 Å². The minimum Gasteiger partial charge on any atom is -0.360 e. The Balaban J connectivity index is 2.08. The first kappa shape index (κ1) is 14.2. The fourth-order valence-electron chi connectivity index (χ4n) is 1.62. The number of carbonyl (C=O) groups excluding carboxylic acids is 1. The molecule has 1 saturated heterocycles. The molecule has 1 aliphatic rings. The number of hydrogen-bond donors (Lipinski definition) is 2. The standard InChI is InChI=1S/C11H12N4OS3/c1-19-9-7(3-2-4-12-9)8(16)14-11(18)15-6-5-13-10(15)17/h2-4H,5-6H2,1H3,(H,13,17)(H,14,16,18). The molecule has 0 bridgehead atoms. The minimum absolute atomic E-state index is 0.267. The number of pyridine rings is 1. The summed E-state index contributed by atoms with van der Waals surface area (Å²) in [4.78, 5) is 18.0. The van der Waals surface area contributed by atoms with Gasteiger partial charge in [0.2, 0.25) is 0 Å². The average molecular weight is 312 g/mol. The third kappa shape index (κ3) is 3.20. The predicted molar refractivity (Wildman–Crippen MR) is 83.4 cm³/mol. The molecule has 0 radical (unpaired) electrons. The lowest BCUT2D eigenvalue weighted by molar-refractivity contribution is 0.0971. The highest BCUT2D eigenvalue weighted by Crippen LogP contribution is 2.16. The largest absolute Gasteiger partial charge is 0.360 e. The Labute approximate surface area is 126 Å². The summed E-state index contributed by atoms with van der Waals surface area (Å²) >= 11 is 11.7. The number of aromatic nitrogens is 1. The Morgan fingerprint density at radius 1 is 1.63 bits per heavy atom. The molecule has 0 atom stereocenters. The van der Waals surface area contributed by atoms with E-state index in [1.54, 1.807) is 23.2 Å². The predicted octanol–water partition coefficient (Wildman–Crippen LogP) is 1.01. The molecule has 8 heteroatoms. The topological polar surface area (TPSA) is 57.3 Å². The number of nitrogens with zero attached hydrogens (tertiary/aromatic N) is 2. The highest BCUT2D eigenvalue weighted by Gasteiger charge is 2.22. The van der Waals surface area contributed by atoms with Crippen LogP contribution in [0.3, 0.4) is 0 Å². The van der Waals surface area contributed by atoms with Crippen molar-refractivity contribution < 1.29 is 4.79 Å². The van der Waals surface area contributed by atoms with Gasteiger partial charge in [-0.2, -0.15) is 0 Å². The van der Waals surface area contributed by atoms with Crippen LogP contribution >= 0.6 is 36.2 Å². The molecule has 100 valence electrons. The van der Waals surface area contributed by atoms with E-state index in [2.05, 4.69) is 15.6 Å². The Bertz CT molecular complexity index is 534. The fourth-order valence-corrected chi connectivity index (χ4v) is 2.79. The van der Waals surface area contributed by atoms with Crippen LogP contribution in [0.5, 0.6) is 0 Å². The van der Waals surface area contributed by atoms with Crippen LogP contribution in [0, 0.1) is 0 Å². The molecule has 1 aromatic rings. The molecule has 0 unspecified atom stereocenters. The Morgan fingerprint density at radius 3 is 3.05 bits per heavy atom. The molecule has 1 aromatic heterocycles. The van der Waals surface area contributed by atoms with Gasteiger partial charge < -0.3 is 5.32 Å². The number of rotatable bonds is 2. The molecule has 2 rings (SSSR count). The molecular weight excluding hydrogens is 300 g/mol. The van der Waals surface area contributed by atoms with Crippen LogP contribution in [0.15, 0.2) is 23.4 Å². The van der Waals surface area contributed by atoms with Crippen LogP contribution in [-0.2, 0) is 0 Å². The summed E-state index contributed by atoms with van der Waals surface area (Å²) < 4.78 is 0. The molecule has 1 amide bonds. The van der Waals surface area contributed by atoms with E-state index < -0.39 is 0 Å². The van der Waals surface area contributed by atoms with E-state index in [4.69, 9.17) is 24.4 Å². The van der Waals surface area contributed by atoms with Crippen molar-refractivity contribution in [2.24, 2.45) is 0 Å². The molecule has 0 saturated carbocycles. The van der Waals surface area contributed by atoms with Crippen LogP contribution in [0.4, 0.5) is 0 Å². The second kappa shape index (κ2) is 6.27. The number of thioether (sulfide) groups is 1. The second-order valence-corrected chi connectivity index (χ2v) is 5.27. The maximum atomic E-state index is 12.2. The zero-order chi connectivity index (χ0) is 13.8. The number of thiocarbonyl (C=S) groups is 2. The summed E-state index contributed by atoms with van der Waals surface area (Å²) in [5.41, 5.74) is 0.510. The molecule has 0 aliphatic carbocycles. The van der Waals surface area contributed by atoms with Gasteiger partial charge >= 0.3 is 0 Å². The van der Waals surface area contributed by atoms with E-state index in [0.717, 1.165) is 6.54 Å². The van der Waals surface area contributed by atoms with Crippen molar-refractivity contribution in [3.63, 3.8) is 0 Å². The first-order valence-electron chi connectivity index (χ1n) is 5.53. The van der Waals surface area contributed by atoms with E-state index in [1.165, 1.54) is 11.8 Å². The van der Waals surface area contributed by atoms with Gasteiger partial charge in [0.25, 0.3) is 5.91 Å². The van der Waals surface area contributed by atoms with Crippen LogP contribution in [0.1, 0.15) is 10.4 Å². The zero-order valence-corrected chi connectivity index (χ0v) is 12.6. The average Bonchev–Trinajstić information content (AvgIpc) is 2.85. The van der Waals surface area contributed by atoms with Gasteiger partial charge in [0.15, 0.2) is 10.2 Å². The van der Waals surface area contributed by atoms with Gasteiger partial charge in [-0.05, 0) is 42.8 Å². The van der Waals surface area contributed by atoms with E-state index >= 15 is 0 Å². The lowest BCUT2D eigenvalue weighted by atomic mass is 10.3. The number of amides is 1. The van der Waals surface area contributed by atoms with Crippen molar-refractivity contribution >= 4 is 52.3 Å². The molecule has 1 aliphatic heterocycles. The molecule has 0 aromatic carbocycles. The van der Waals surface area contributed by atoms with Crippen LogP contribution < -0.4 is 10.6 Å². The van der Waals surface area contributed by atoms with Crippen molar-refractivity contribution in [2.45, 2.75) is 5.03 Å². The Hall–Kier alpha value is -1.25. The van der Waals surface area contributed by atoms with E-state index in [9.17, 15) is 4.79 Å². The second-order valence-electron chi connectivity index (χ2n) is 3.70. The van der Waals surface area contributed by atoms with Crippen LogP contribution in [-0.4, -0.2) is 45.4 Å². The van der Waals surface area contributed by atoms with E-state index in [0.29, 0.717) is 27.4 Å².